The Morgan fingerprint density at radius 2 is 1.16 bits per heavy atom. The van der Waals surface area contributed by atoms with Gasteiger partial charge in [-0.3, -0.25) is 0 Å². The third-order valence-electron chi connectivity index (χ3n) is 3.85. The lowest BCUT2D eigenvalue weighted by Crippen LogP contribution is -2.30. The van der Waals surface area contributed by atoms with Gasteiger partial charge in [-0.1, -0.05) is 12.1 Å². The van der Waals surface area contributed by atoms with E-state index in [-0.39, 0.29) is 35.5 Å². The lowest BCUT2D eigenvalue weighted by Gasteiger charge is -2.18. The highest BCUT2D eigenvalue weighted by atomic mass is 19.4. The first-order chi connectivity index (χ1) is 14.7. The molecule has 0 aliphatic heterocycles. The molecule has 0 radical (unpaired) electrons. The van der Waals surface area contributed by atoms with Gasteiger partial charge in [0, 0.05) is 6.54 Å². The fourth-order valence-electron chi connectivity index (χ4n) is 2.41. The molecule has 3 heterocycles. The van der Waals surface area contributed by atoms with Gasteiger partial charge < -0.3 is 10.4 Å². The number of aromatic nitrogens is 5. The quantitative estimate of drug-likeness (QED) is 0.553. The molecule has 0 amide bonds. The van der Waals surface area contributed by atoms with Gasteiger partial charge in [-0.15, -0.1) is 0 Å². The average Bonchev–Trinajstić information content (AvgIpc) is 2.70. The Labute approximate surface area is 177 Å². The summed E-state index contributed by atoms with van der Waals surface area (Å²) in [6, 6.07) is 6.14. The minimum atomic E-state index is -4.73. The summed E-state index contributed by atoms with van der Waals surface area (Å²) in [5, 5.41) is 12.6. The maximum Gasteiger partial charge on any atom is 0.433 e. The smallest absolute Gasteiger partial charge is 0.389 e. The summed E-state index contributed by atoms with van der Waals surface area (Å²) in [5.41, 5.74) is -4.15. The first-order valence-corrected chi connectivity index (χ1v) is 9.04. The van der Waals surface area contributed by atoms with Crippen molar-refractivity contribution in [1.29, 1.82) is 0 Å². The Bertz CT molecular complexity index is 1030. The van der Waals surface area contributed by atoms with Crippen molar-refractivity contribution in [2.45, 2.75) is 31.8 Å². The van der Waals surface area contributed by atoms with Gasteiger partial charge in [0.2, 0.25) is 5.95 Å². The van der Waals surface area contributed by atoms with E-state index < -0.39 is 29.3 Å². The van der Waals surface area contributed by atoms with Gasteiger partial charge in [-0.25, -0.2) is 15.0 Å². The van der Waals surface area contributed by atoms with E-state index in [0.29, 0.717) is 0 Å². The number of hydrogen-bond acceptors (Lipinski definition) is 7. The largest absolute Gasteiger partial charge is 0.433 e. The van der Waals surface area contributed by atoms with Crippen molar-refractivity contribution in [2.24, 2.45) is 0 Å². The molecule has 0 spiro atoms. The van der Waals surface area contributed by atoms with Crippen LogP contribution in [-0.2, 0) is 12.4 Å². The summed E-state index contributed by atoms with van der Waals surface area (Å²) < 4.78 is 78.3. The number of nitrogens with zero attached hydrogens (tertiary/aromatic N) is 5. The van der Waals surface area contributed by atoms with Crippen LogP contribution < -0.4 is 5.32 Å². The standard InChI is InChI=1S/C19H16F6N6O/c1-17(2,32)9-26-16-30-14(10-5-3-7-12(27-10)18(20,21)22)29-15(31-16)11-6-4-8-13(28-11)19(23,24)25/h3-8,32H,9H2,1-2H3,(H,26,29,30,31). The third-order valence-corrected chi connectivity index (χ3v) is 3.85. The van der Waals surface area contributed by atoms with Crippen LogP contribution >= 0.6 is 0 Å². The highest BCUT2D eigenvalue weighted by Gasteiger charge is 2.34. The van der Waals surface area contributed by atoms with Gasteiger partial charge in [-0.05, 0) is 38.1 Å². The molecule has 0 unspecified atom stereocenters. The Morgan fingerprint density at radius 1 is 0.719 bits per heavy atom. The molecule has 0 saturated heterocycles. The summed E-state index contributed by atoms with van der Waals surface area (Å²) in [4.78, 5) is 19.0. The number of nitrogens with one attached hydrogen (secondary N) is 1. The number of rotatable bonds is 5. The van der Waals surface area contributed by atoms with E-state index >= 15 is 0 Å². The summed E-state index contributed by atoms with van der Waals surface area (Å²) in [5.74, 6) is -0.831. The van der Waals surface area contributed by atoms with Gasteiger partial charge in [0.05, 0.1) is 5.60 Å². The molecular formula is C19H16F6N6O. The van der Waals surface area contributed by atoms with Gasteiger partial charge in [0.1, 0.15) is 22.8 Å². The maximum absolute atomic E-state index is 13.0. The maximum atomic E-state index is 13.0. The highest BCUT2D eigenvalue weighted by molar-refractivity contribution is 5.58. The van der Waals surface area contributed by atoms with E-state index in [1.165, 1.54) is 26.0 Å². The summed E-state index contributed by atoms with van der Waals surface area (Å²) in [6.07, 6.45) is -9.45. The number of pyridine rings is 2. The lowest BCUT2D eigenvalue weighted by molar-refractivity contribution is -0.141. The lowest BCUT2D eigenvalue weighted by atomic mass is 10.1. The molecule has 3 aromatic heterocycles. The van der Waals surface area contributed by atoms with Crippen LogP contribution in [0.4, 0.5) is 32.3 Å². The molecule has 0 aliphatic rings. The van der Waals surface area contributed by atoms with Crippen LogP contribution in [0.1, 0.15) is 25.2 Å². The van der Waals surface area contributed by atoms with Crippen LogP contribution in [0.3, 0.4) is 0 Å². The molecule has 0 atom stereocenters. The minimum absolute atomic E-state index is 0.0675. The van der Waals surface area contributed by atoms with E-state index in [4.69, 9.17) is 0 Å². The summed E-state index contributed by atoms with van der Waals surface area (Å²) >= 11 is 0. The number of aliphatic hydroxyl groups is 1. The second kappa shape index (κ2) is 8.30. The van der Waals surface area contributed by atoms with Crippen molar-refractivity contribution >= 4 is 5.95 Å². The molecule has 0 aromatic carbocycles. The van der Waals surface area contributed by atoms with Crippen molar-refractivity contribution in [3.05, 3.63) is 47.8 Å². The third kappa shape index (κ3) is 5.87. The molecule has 0 bridgehead atoms. The van der Waals surface area contributed by atoms with Crippen LogP contribution in [0.15, 0.2) is 36.4 Å². The van der Waals surface area contributed by atoms with Gasteiger partial charge in [0.15, 0.2) is 11.6 Å². The molecule has 0 fully saturated rings. The fourth-order valence-corrected chi connectivity index (χ4v) is 2.41. The van der Waals surface area contributed by atoms with Crippen molar-refractivity contribution in [3.63, 3.8) is 0 Å². The Balaban J connectivity index is 2.13. The van der Waals surface area contributed by atoms with E-state index in [1.807, 2.05) is 0 Å². The number of hydrogen-bond donors (Lipinski definition) is 2. The molecule has 0 saturated carbocycles. The van der Waals surface area contributed by atoms with Crippen LogP contribution in [0.2, 0.25) is 0 Å². The minimum Gasteiger partial charge on any atom is -0.389 e. The van der Waals surface area contributed by atoms with Crippen LogP contribution in [0, 0.1) is 0 Å². The first kappa shape index (κ1) is 23.3. The van der Waals surface area contributed by atoms with Gasteiger partial charge in [0.25, 0.3) is 0 Å². The predicted octanol–water partition coefficient (Wildman–Crippen LogP) is 4.22. The second-order valence-electron chi connectivity index (χ2n) is 7.28. The zero-order valence-corrected chi connectivity index (χ0v) is 16.6. The molecule has 32 heavy (non-hydrogen) atoms. The summed E-state index contributed by atoms with van der Waals surface area (Å²) in [7, 11) is 0. The zero-order chi connectivity index (χ0) is 23.7. The second-order valence-corrected chi connectivity index (χ2v) is 7.28. The molecule has 0 aliphatic carbocycles. The predicted molar refractivity (Wildman–Crippen MR) is 101 cm³/mol. The first-order valence-electron chi connectivity index (χ1n) is 9.04. The van der Waals surface area contributed by atoms with Gasteiger partial charge >= 0.3 is 12.4 Å². The Morgan fingerprint density at radius 3 is 1.53 bits per heavy atom. The Kier molecular flexibility index (Phi) is 6.05. The number of halogens is 6. The highest BCUT2D eigenvalue weighted by Crippen LogP contribution is 2.31. The molecule has 3 rings (SSSR count). The van der Waals surface area contributed by atoms with E-state index in [0.717, 1.165) is 24.3 Å². The average molecular weight is 458 g/mol. The normalized spacial score (nSPS) is 12.7. The van der Waals surface area contributed by atoms with E-state index in [2.05, 4.69) is 30.2 Å². The molecule has 7 nitrogen and oxygen atoms in total. The summed E-state index contributed by atoms with van der Waals surface area (Å²) in [6.45, 7) is 2.89. The zero-order valence-electron chi connectivity index (χ0n) is 16.6. The fraction of sp³-hybridized carbons (Fsp3) is 0.316. The van der Waals surface area contributed by atoms with Gasteiger partial charge in [-0.2, -0.15) is 36.3 Å². The van der Waals surface area contributed by atoms with Crippen LogP contribution in [-0.4, -0.2) is 42.2 Å². The molecule has 2 N–H and O–H groups in total. The molecule has 3 aromatic rings. The van der Waals surface area contributed by atoms with E-state index in [9.17, 15) is 31.4 Å². The molecule has 170 valence electrons. The SMILES string of the molecule is CC(C)(O)CNc1nc(-c2cccc(C(F)(F)F)n2)nc(-c2cccc(C(F)(F)F)n2)n1. The number of anilines is 1. The Hall–Kier alpha value is -3.35. The van der Waals surface area contributed by atoms with Crippen molar-refractivity contribution in [3.8, 4) is 23.0 Å². The molecular weight excluding hydrogens is 442 g/mol. The van der Waals surface area contributed by atoms with Crippen LogP contribution in [0.25, 0.3) is 23.0 Å². The van der Waals surface area contributed by atoms with Crippen molar-refractivity contribution in [1.82, 2.24) is 24.9 Å². The topological polar surface area (TPSA) is 96.7 Å². The molecule has 13 heteroatoms. The van der Waals surface area contributed by atoms with Crippen molar-refractivity contribution in [2.75, 3.05) is 11.9 Å². The van der Waals surface area contributed by atoms with Crippen LogP contribution in [0.5, 0.6) is 0 Å². The monoisotopic (exact) mass is 458 g/mol. The van der Waals surface area contributed by atoms with E-state index in [1.54, 1.807) is 0 Å². The number of alkyl halides is 6. The van der Waals surface area contributed by atoms with Crippen molar-refractivity contribution < 1.29 is 31.4 Å².